The molecule has 0 aliphatic carbocycles. The lowest BCUT2D eigenvalue weighted by atomic mass is 10.2. The summed E-state index contributed by atoms with van der Waals surface area (Å²) in [4.78, 5) is 23.2. The molecule has 0 spiro atoms. The molecule has 1 amide bonds. The summed E-state index contributed by atoms with van der Waals surface area (Å²) >= 11 is 5.22. The Balaban J connectivity index is 5.63. The molecule has 1 unspecified atom stereocenters. The molecule has 0 fully saturated rings. The van der Waals surface area contributed by atoms with Gasteiger partial charge in [-0.15, -0.1) is 0 Å². The van der Waals surface area contributed by atoms with Crippen LogP contribution in [0, 0.1) is 0 Å². The van der Waals surface area contributed by atoms with E-state index in [0.29, 0.717) is 12.8 Å². The van der Waals surface area contributed by atoms with Gasteiger partial charge in [0.05, 0.1) is 19.5 Å². The van der Waals surface area contributed by atoms with Crippen LogP contribution in [-0.2, 0) is 30.4 Å². The van der Waals surface area contributed by atoms with E-state index in [1.54, 1.807) is 13.8 Å². The maximum Gasteiger partial charge on any atom is 0.471 e. The van der Waals surface area contributed by atoms with Gasteiger partial charge in [-0.05, 0) is 31.1 Å². The van der Waals surface area contributed by atoms with Crippen molar-refractivity contribution in [2.24, 2.45) is 0 Å². The van der Waals surface area contributed by atoms with Gasteiger partial charge in [-0.25, -0.2) is 4.79 Å². The fourth-order valence-electron chi connectivity index (χ4n) is 1.76. The molecule has 0 aliphatic rings. The van der Waals surface area contributed by atoms with Crippen LogP contribution in [-0.4, -0.2) is 53.6 Å². The Hall–Kier alpha value is -0.700. The first-order chi connectivity index (χ1) is 11.0. The van der Waals surface area contributed by atoms with Crippen molar-refractivity contribution in [3.63, 3.8) is 0 Å². The predicted molar refractivity (Wildman–Crippen MR) is 86.3 cm³/mol. The number of hydrogen-bond acceptors (Lipinski definition) is 5. The van der Waals surface area contributed by atoms with Crippen molar-refractivity contribution in [2.75, 3.05) is 19.5 Å². The third-order valence-electron chi connectivity index (χ3n) is 2.86. The Bertz CT molecular complexity index is 463. The van der Waals surface area contributed by atoms with E-state index in [0.717, 1.165) is 0 Å². The molecule has 0 saturated heterocycles. The second kappa shape index (κ2) is 10.3. The number of carboxylic acids is 1. The van der Waals surface area contributed by atoms with Crippen molar-refractivity contribution >= 4 is 30.2 Å². The van der Waals surface area contributed by atoms with Gasteiger partial charge >= 0.3 is 18.1 Å². The van der Waals surface area contributed by atoms with Gasteiger partial charge < -0.3 is 19.1 Å². The standard InChI is InChI=1S/C13H23F3NO5PS/c1-4-7-21-23(24,22-8-5-2)9-17(10(6-3)11(18)19)12(20)13(14,15)16/h10H,4-9H2,1-3H3,(H,18,19). The lowest BCUT2D eigenvalue weighted by Gasteiger charge is -2.33. The first-order valence-electron chi connectivity index (χ1n) is 7.51. The second-order valence-corrected chi connectivity index (χ2v) is 8.64. The molecular weight excluding hydrogens is 370 g/mol. The molecule has 0 heterocycles. The minimum atomic E-state index is -5.21. The maximum absolute atomic E-state index is 12.9. The number of halogens is 3. The second-order valence-electron chi connectivity index (χ2n) is 4.95. The quantitative estimate of drug-likeness (QED) is 0.543. The number of amides is 1. The van der Waals surface area contributed by atoms with Crippen LogP contribution in [0.2, 0.25) is 0 Å². The number of hydrogen-bond donors (Lipinski definition) is 1. The van der Waals surface area contributed by atoms with Crippen LogP contribution in [0.5, 0.6) is 0 Å². The van der Waals surface area contributed by atoms with Crippen LogP contribution in [0.1, 0.15) is 40.0 Å². The van der Waals surface area contributed by atoms with E-state index in [-0.39, 0.29) is 24.5 Å². The molecule has 1 atom stereocenters. The highest BCUT2D eigenvalue weighted by Crippen LogP contribution is 2.50. The highest BCUT2D eigenvalue weighted by Gasteiger charge is 2.47. The Labute approximate surface area is 144 Å². The summed E-state index contributed by atoms with van der Waals surface area (Å²) in [7, 11) is 0. The van der Waals surface area contributed by atoms with Crippen LogP contribution in [0.15, 0.2) is 0 Å². The van der Waals surface area contributed by atoms with Crippen LogP contribution in [0.4, 0.5) is 13.2 Å². The lowest BCUT2D eigenvalue weighted by molar-refractivity contribution is -0.188. The van der Waals surface area contributed by atoms with Crippen molar-refractivity contribution in [2.45, 2.75) is 52.3 Å². The Kier molecular flexibility index (Phi) is 10.0. The Morgan fingerprint density at radius 1 is 1.17 bits per heavy atom. The topological polar surface area (TPSA) is 76.1 Å². The predicted octanol–water partition coefficient (Wildman–Crippen LogP) is 3.36. The molecule has 6 nitrogen and oxygen atoms in total. The summed E-state index contributed by atoms with van der Waals surface area (Å²) in [6.07, 6.45) is -5.01. The number of carbonyl (C=O) groups is 2. The Morgan fingerprint density at radius 3 is 1.92 bits per heavy atom. The number of aliphatic carboxylic acids is 1. The highest BCUT2D eigenvalue weighted by atomic mass is 32.5. The fourth-order valence-corrected chi connectivity index (χ4v) is 4.44. The largest absolute Gasteiger partial charge is 0.480 e. The molecule has 11 heteroatoms. The number of carboxylic acid groups (broad SMARTS) is 1. The van der Waals surface area contributed by atoms with Gasteiger partial charge in [-0.2, -0.15) is 13.2 Å². The molecule has 1 N–H and O–H groups in total. The summed E-state index contributed by atoms with van der Waals surface area (Å²) < 4.78 is 49.3. The van der Waals surface area contributed by atoms with Gasteiger partial charge in [0.1, 0.15) is 6.04 Å². The van der Waals surface area contributed by atoms with E-state index >= 15 is 0 Å². The van der Waals surface area contributed by atoms with Gasteiger partial charge in [-0.1, -0.05) is 20.8 Å². The van der Waals surface area contributed by atoms with Crippen LogP contribution >= 0.6 is 6.49 Å². The monoisotopic (exact) mass is 393 g/mol. The van der Waals surface area contributed by atoms with E-state index in [9.17, 15) is 22.8 Å². The van der Waals surface area contributed by atoms with Crippen molar-refractivity contribution in [3.8, 4) is 0 Å². The third-order valence-corrected chi connectivity index (χ3v) is 5.64. The number of rotatable bonds is 11. The molecule has 0 aromatic rings. The molecule has 0 aromatic carbocycles. The maximum atomic E-state index is 12.9. The molecule has 0 bridgehead atoms. The molecular formula is C13H23F3NO5PS. The van der Waals surface area contributed by atoms with Crippen molar-refractivity contribution in [3.05, 3.63) is 0 Å². The third kappa shape index (κ3) is 7.46. The number of alkyl halides is 3. The van der Waals surface area contributed by atoms with E-state index < -0.39 is 36.9 Å². The smallest absolute Gasteiger partial charge is 0.471 e. The highest BCUT2D eigenvalue weighted by molar-refractivity contribution is 8.09. The van der Waals surface area contributed by atoms with E-state index in [1.807, 2.05) is 0 Å². The van der Waals surface area contributed by atoms with E-state index in [4.69, 9.17) is 26.0 Å². The minimum Gasteiger partial charge on any atom is -0.480 e. The summed E-state index contributed by atoms with van der Waals surface area (Å²) in [5, 5.41) is 9.14. The molecule has 0 rings (SSSR count). The van der Waals surface area contributed by atoms with Gasteiger partial charge in [0.25, 0.3) is 0 Å². The zero-order valence-corrected chi connectivity index (χ0v) is 15.5. The molecule has 0 radical (unpaired) electrons. The Morgan fingerprint density at radius 2 is 1.62 bits per heavy atom. The molecule has 0 aliphatic heterocycles. The van der Waals surface area contributed by atoms with Crippen molar-refractivity contribution < 1.29 is 36.9 Å². The van der Waals surface area contributed by atoms with Gasteiger partial charge in [0, 0.05) is 0 Å². The average Bonchev–Trinajstić information content (AvgIpc) is 2.49. The minimum absolute atomic E-state index is 0.152. The van der Waals surface area contributed by atoms with Crippen molar-refractivity contribution in [1.29, 1.82) is 0 Å². The van der Waals surface area contributed by atoms with E-state index in [1.165, 1.54) is 6.92 Å². The van der Waals surface area contributed by atoms with Gasteiger partial charge in [-0.3, -0.25) is 4.79 Å². The SMILES string of the molecule is CCCOP(=S)(CN(C(=O)C(F)(F)F)C(CC)C(=O)O)OCCC. The zero-order chi connectivity index (χ0) is 19.0. The van der Waals surface area contributed by atoms with Gasteiger partial charge in [0.15, 0.2) is 0 Å². The summed E-state index contributed by atoms with van der Waals surface area (Å²) in [5.74, 6) is -3.80. The number of nitrogens with zero attached hydrogens (tertiary/aromatic N) is 1. The zero-order valence-electron chi connectivity index (χ0n) is 13.8. The molecule has 0 aromatic heterocycles. The lowest BCUT2D eigenvalue weighted by Crippen LogP contribution is -2.50. The molecule has 0 saturated carbocycles. The van der Waals surface area contributed by atoms with E-state index in [2.05, 4.69) is 0 Å². The number of carbonyl (C=O) groups excluding carboxylic acids is 1. The van der Waals surface area contributed by atoms with Gasteiger partial charge in [0.2, 0.25) is 6.49 Å². The normalized spacial score (nSPS) is 13.6. The summed E-state index contributed by atoms with van der Waals surface area (Å²) in [6, 6.07) is -1.66. The van der Waals surface area contributed by atoms with Crippen molar-refractivity contribution in [1.82, 2.24) is 4.90 Å². The van der Waals surface area contributed by atoms with Crippen LogP contribution < -0.4 is 0 Å². The molecule has 142 valence electrons. The fraction of sp³-hybridized carbons (Fsp3) is 0.846. The summed E-state index contributed by atoms with van der Waals surface area (Å²) in [5.41, 5.74) is 0. The van der Waals surface area contributed by atoms with Crippen LogP contribution in [0.25, 0.3) is 0 Å². The molecule has 24 heavy (non-hydrogen) atoms. The first-order valence-corrected chi connectivity index (χ1v) is 10.3. The average molecular weight is 393 g/mol. The summed E-state index contributed by atoms with van der Waals surface area (Å²) in [6.45, 7) is 1.98. The van der Waals surface area contributed by atoms with Crippen LogP contribution in [0.3, 0.4) is 0 Å². The first kappa shape index (κ1) is 23.3.